The first-order valence-electron chi connectivity index (χ1n) is 15.7. The second kappa shape index (κ2) is 17.8. The summed E-state index contributed by atoms with van der Waals surface area (Å²) < 4.78 is 19.3. The molecule has 4 amide bonds. The summed E-state index contributed by atoms with van der Waals surface area (Å²) in [6.07, 6.45) is 4.52. The van der Waals surface area contributed by atoms with Crippen LogP contribution in [-0.4, -0.2) is 61.4 Å². The van der Waals surface area contributed by atoms with Gasteiger partial charge in [0.2, 0.25) is 11.8 Å². The number of urea groups is 1. The molecule has 0 aliphatic carbocycles. The number of esters is 1. The van der Waals surface area contributed by atoms with Crippen molar-refractivity contribution < 1.29 is 33.1 Å². The SMILES string of the molecule is COC(=O)[C@@H](NC(=O)N[C@@H](Cc1ccc(C)cc1)C(=O)CC1CCCCNC(=O)/C=C/[C@H](Cc2ccccc2F)NC1=O)C(C)C. The number of aryl methyl sites for hydroxylation is 1. The summed E-state index contributed by atoms with van der Waals surface area (Å²) >= 11 is 0. The first-order chi connectivity index (χ1) is 22.0. The fourth-order valence-corrected chi connectivity index (χ4v) is 5.24. The third-order valence-corrected chi connectivity index (χ3v) is 7.96. The van der Waals surface area contributed by atoms with Crippen molar-refractivity contribution in [1.29, 1.82) is 0 Å². The predicted molar refractivity (Wildman–Crippen MR) is 172 cm³/mol. The molecule has 1 aliphatic rings. The lowest BCUT2D eigenvalue weighted by molar-refractivity contribution is -0.144. The molecule has 4 atom stereocenters. The molecular weight excluding hydrogens is 591 g/mol. The maximum Gasteiger partial charge on any atom is 0.328 e. The molecule has 0 spiro atoms. The number of amides is 4. The second-order valence-corrected chi connectivity index (χ2v) is 12.0. The summed E-state index contributed by atoms with van der Waals surface area (Å²) in [6, 6.07) is 10.5. The van der Waals surface area contributed by atoms with E-state index in [-0.39, 0.29) is 36.9 Å². The number of halogens is 1. The Labute approximate surface area is 269 Å². The van der Waals surface area contributed by atoms with E-state index < -0.39 is 47.8 Å². The topological polar surface area (TPSA) is 143 Å². The molecule has 2 aromatic rings. The smallest absolute Gasteiger partial charge is 0.328 e. The van der Waals surface area contributed by atoms with Gasteiger partial charge in [0.1, 0.15) is 11.9 Å². The standard InChI is InChI=1S/C35H45FN4O6/c1-22(2)32(34(44)46-4)40-35(45)39-29(19-24-14-12-23(3)13-15-24)30(41)21-26-10-7-8-18-37-31(42)17-16-27(38-33(26)43)20-25-9-5-6-11-28(25)36/h5-6,9,11-17,22,26-27,29,32H,7-8,10,18-21H2,1-4H3,(H,37,42)(H,38,43)(H2,39,40,45)/b17-16+/t26?,27-,29+,32+/m1/s1. The zero-order valence-electron chi connectivity index (χ0n) is 26.9. The second-order valence-electron chi connectivity index (χ2n) is 12.0. The predicted octanol–water partition coefficient (Wildman–Crippen LogP) is 3.70. The van der Waals surface area contributed by atoms with Crippen LogP contribution >= 0.6 is 0 Å². The summed E-state index contributed by atoms with van der Waals surface area (Å²) in [5.41, 5.74) is 2.22. The van der Waals surface area contributed by atoms with Crippen LogP contribution in [0.25, 0.3) is 0 Å². The van der Waals surface area contributed by atoms with Gasteiger partial charge in [-0.2, -0.15) is 0 Å². The fourth-order valence-electron chi connectivity index (χ4n) is 5.24. The minimum absolute atomic E-state index is 0.109. The van der Waals surface area contributed by atoms with Crippen molar-refractivity contribution in [2.24, 2.45) is 11.8 Å². The Bertz CT molecular complexity index is 1390. The molecule has 3 rings (SSSR count). The van der Waals surface area contributed by atoms with Gasteiger partial charge in [0.25, 0.3) is 0 Å². The van der Waals surface area contributed by atoms with Crippen molar-refractivity contribution in [3.63, 3.8) is 0 Å². The van der Waals surface area contributed by atoms with Crippen LogP contribution in [0.15, 0.2) is 60.7 Å². The van der Waals surface area contributed by atoms with Gasteiger partial charge >= 0.3 is 12.0 Å². The Hall–Kier alpha value is -4.54. The van der Waals surface area contributed by atoms with Crippen LogP contribution in [0.4, 0.5) is 9.18 Å². The molecule has 0 radical (unpaired) electrons. The van der Waals surface area contributed by atoms with Gasteiger partial charge in [-0.15, -0.1) is 0 Å². The Balaban J connectivity index is 1.83. The number of ketones is 1. The van der Waals surface area contributed by atoms with Crippen LogP contribution < -0.4 is 21.3 Å². The van der Waals surface area contributed by atoms with E-state index in [1.54, 1.807) is 32.0 Å². The van der Waals surface area contributed by atoms with Crippen LogP contribution in [0, 0.1) is 24.6 Å². The Kier molecular flexibility index (Phi) is 13.9. The largest absolute Gasteiger partial charge is 0.467 e. The summed E-state index contributed by atoms with van der Waals surface area (Å²) in [5, 5.41) is 11.1. The summed E-state index contributed by atoms with van der Waals surface area (Å²) in [5.74, 6) is -3.09. The number of hydrogen-bond acceptors (Lipinski definition) is 6. The number of methoxy groups -OCH3 is 1. The van der Waals surface area contributed by atoms with Crippen molar-refractivity contribution in [2.75, 3.05) is 13.7 Å². The van der Waals surface area contributed by atoms with Crippen molar-refractivity contribution in [2.45, 2.75) is 77.4 Å². The first-order valence-corrected chi connectivity index (χ1v) is 15.7. The molecule has 46 heavy (non-hydrogen) atoms. The maximum atomic E-state index is 14.5. The zero-order valence-corrected chi connectivity index (χ0v) is 26.9. The molecule has 0 aromatic heterocycles. The van der Waals surface area contributed by atoms with Crippen LogP contribution in [0.2, 0.25) is 0 Å². The van der Waals surface area contributed by atoms with E-state index in [9.17, 15) is 28.4 Å². The van der Waals surface area contributed by atoms with Gasteiger partial charge in [0, 0.05) is 25.0 Å². The van der Waals surface area contributed by atoms with Crippen LogP contribution in [-0.2, 0) is 36.8 Å². The van der Waals surface area contributed by atoms with Gasteiger partial charge < -0.3 is 26.0 Å². The molecule has 1 unspecified atom stereocenters. The molecule has 0 fully saturated rings. The summed E-state index contributed by atoms with van der Waals surface area (Å²) in [4.78, 5) is 65.1. The number of rotatable bonds is 11. The van der Waals surface area contributed by atoms with Gasteiger partial charge in [0.05, 0.1) is 19.2 Å². The van der Waals surface area contributed by atoms with Crippen molar-refractivity contribution >= 4 is 29.6 Å². The lowest BCUT2D eigenvalue weighted by Crippen LogP contribution is -2.53. The van der Waals surface area contributed by atoms with Gasteiger partial charge in [0.15, 0.2) is 5.78 Å². The maximum absolute atomic E-state index is 14.5. The fraction of sp³-hybridized carbons (Fsp3) is 0.457. The molecule has 1 heterocycles. The van der Waals surface area contributed by atoms with E-state index in [0.717, 1.165) is 11.1 Å². The summed E-state index contributed by atoms with van der Waals surface area (Å²) in [7, 11) is 1.24. The van der Waals surface area contributed by atoms with E-state index in [0.29, 0.717) is 31.4 Å². The molecule has 1 aliphatic heterocycles. The summed E-state index contributed by atoms with van der Waals surface area (Å²) in [6.45, 7) is 5.87. The third-order valence-electron chi connectivity index (χ3n) is 7.96. The van der Waals surface area contributed by atoms with Gasteiger partial charge in [-0.25, -0.2) is 14.0 Å². The first kappa shape index (κ1) is 35.9. The molecule has 4 N–H and O–H groups in total. The Morgan fingerprint density at radius 1 is 1.02 bits per heavy atom. The quantitative estimate of drug-likeness (QED) is 0.277. The number of ether oxygens (including phenoxy) is 1. The molecule has 0 saturated heterocycles. The Morgan fingerprint density at radius 2 is 1.74 bits per heavy atom. The van der Waals surface area contributed by atoms with Crippen LogP contribution in [0.5, 0.6) is 0 Å². The highest BCUT2D eigenvalue weighted by atomic mass is 19.1. The highest BCUT2D eigenvalue weighted by molar-refractivity contribution is 5.93. The number of carbonyl (C=O) groups excluding carboxylic acids is 5. The number of benzene rings is 2. The highest BCUT2D eigenvalue weighted by Gasteiger charge is 2.31. The van der Waals surface area contributed by atoms with Crippen molar-refractivity contribution in [1.82, 2.24) is 21.3 Å². The van der Waals surface area contributed by atoms with E-state index >= 15 is 0 Å². The molecule has 11 heteroatoms. The normalized spacial score (nSPS) is 19.3. The lowest BCUT2D eigenvalue weighted by atomic mass is 9.90. The van der Waals surface area contributed by atoms with Crippen LogP contribution in [0.1, 0.15) is 56.2 Å². The average molecular weight is 637 g/mol. The lowest BCUT2D eigenvalue weighted by Gasteiger charge is -2.25. The minimum Gasteiger partial charge on any atom is -0.467 e. The van der Waals surface area contributed by atoms with E-state index in [1.165, 1.54) is 25.3 Å². The van der Waals surface area contributed by atoms with E-state index in [4.69, 9.17) is 4.74 Å². The molecular formula is C35H45FN4O6. The number of carbonyl (C=O) groups is 5. The van der Waals surface area contributed by atoms with Crippen LogP contribution in [0.3, 0.4) is 0 Å². The number of Topliss-reactive ketones (excluding diaryl/α,β-unsaturated/α-hetero) is 1. The molecule has 248 valence electrons. The number of nitrogens with one attached hydrogen (secondary N) is 4. The van der Waals surface area contributed by atoms with Gasteiger partial charge in [-0.1, -0.05) is 74.4 Å². The minimum atomic E-state index is -0.990. The monoisotopic (exact) mass is 636 g/mol. The number of hydrogen-bond donors (Lipinski definition) is 4. The third kappa shape index (κ3) is 11.4. The van der Waals surface area contributed by atoms with E-state index in [1.807, 2.05) is 31.2 Å². The zero-order chi connectivity index (χ0) is 33.6. The van der Waals surface area contributed by atoms with Gasteiger partial charge in [-0.3, -0.25) is 14.4 Å². The molecule has 0 bridgehead atoms. The Morgan fingerprint density at radius 3 is 2.41 bits per heavy atom. The highest BCUT2D eigenvalue weighted by Crippen LogP contribution is 2.19. The molecule has 10 nitrogen and oxygen atoms in total. The van der Waals surface area contributed by atoms with Gasteiger partial charge in [-0.05, 0) is 55.7 Å². The van der Waals surface area contributed by atoms with Crippen molar-refractivity contribution in [3.8, 4) is 0 Å². The van der Waals surface area contributed by atoms with E-state index in [2.05, 4.69) is 21.3 Å². The average Bonchev–Trinajstić information content (AvgIpc) is 3.02. The molecule has 0 saturated carbocycles. The molecule has 2 aromatic carbocycles. The van der Waals surface area contributed by atoms with Crippen molar-refractivity contribution in [3.05, 3.63) is 83.2 Å².